The SMILES string of the molecule is CON(OC)C(c1ccccc1)(c1ccccc1)c1ccccc1. The quantitative estimate of drug-likeness (QED) is 0.496. The van der Waals surface area contributed by atoms with Crippen molar-refractivity contribution in [2.75, 3.05) is 14.2 Å². The monoisotopic (exact) mass is 319 g/mol. The number of hydrogen-bond donors (Lipinski definition) is 0. The number of hydroxylamine groups is 2. The van der Waals surface area contributed by atoms with Crippen molar-refractivity contribution < 1.29 is 9.68 Å². The Hall–Kier alpha value is -2.46. The standard InChI is InChI=1S/C21H21NO2/c1-23-22(24-2)21(18-12-6-3-7-13-18,19-14-8-4-9-15-19)20-16-10-5-11-17-20/h3-17H,1-2H3. The maximum atomic E-state index is 5.64. The first-order valence-corrected chi connectivity index (χ1v) is 7.89. The highest BCUT2D eigenvalue weighted by Gasteiger charge is 2.44. The molecule has 3 nitrogen and oxygen atoms in total. The Balaban J connectivity index is 2.37. The second kappa shape index (κ2) is 7.41. The molecule has 3 aromatic carbocycles. The summed E-state index contributed by atoms with van der Waals surface area (Å²) in [6, 6.07) is 30.7. The Bertz CT molecular complexity index is 644. The molecule has 0 aliphatic heterocycles. The average molecular weight is 319 g/mol. The van der Waals surface area contributed by atoms with Crippen LogP contribution in [0.1, 0.15) is 16.7 Å². The topological polar surface area (TPSA) is 21.7 Å². The zero-order valence-corrected chi connectivity index (χ0v) is 13.9. The summed E-state index contributed by atoms with van der Waals surface area (Å²) < 4.78 is 0. The van der Waals surface area contributed by atoms with Gasteiger partial charge in [-0.2, -0.15) is 0 Å². The minimum atomic E-state index is -0.715. The van der Waals surface area contributed by atoms with Crippen LogP contribution in [0.2, 0.25) is 0 Å². The molecule has 0 aliphatic carbocycles. The minimum absolute atomic E-state index is 0.715. The van der Waals surface area contributed by atoms with Crippen LogP contribution in [-0.4, -0.2) is 19.4 Å². The van der Waals surface area contributed by atoms with E-state index in [2.05, 4.69) is 36.4 Å². The number of benzene rings is 3. The molecule has 0 heterocycles. The van der Waals surface area contributed by atoms with Gasteiger partial charge in [-0.25, -0.2) is 0 Å². The summed E-state index contributed by atoms with van der Waals surface area (Å²) in [6.45, 7) is 0. The van der Waals surface area contributed by atoms with Gasteiger partial charge in [0.1, 0.15) is 5.54 Å². The zero-order valence-electron chi connectivity index (χ0n) is 13.9. The molecule has 3 heteroatoms. The van der Waals surface area contributed by atoms with Gasteiger partial charge in [-0.05, 0) is 21.9 Å². The third kappa shape index (κ3) is 2.74. The van der Waals surface area contributed by atoms with Crippen LogP contribution in [-0.2, 0) is 15.2 Å². The van der Waals surface area contributed by atoms with Crippen molar-refractivity contribution in [3.05, 3.63) is 108 Å². The zero-order chi connectivity index (χ0) is 16.8. The van der Waals surface area contributed by atoms with Crippen LogP contribution < -0.4 is 0 Å². The van der Waals surface area contributed by atoms with Crippen LogP contribution in [0, 0.1) is 0 Å². The molecule has 24 heavy (non-hydrogen) atoms. The largest absolute Gasteiger partial charge is 0.276 e. The van der Waals surface area contributed by atoms with E-state index < -0.39 is 5.54 Å². The molecular formula is C21H21NO2. The average Bonchev–Trinajstić information content (AvgIpc) is 2.68. The second-order valence-corrected chi connectivity index (χ2v) is 5.43. The molecule has 0 spiro atoms. The van der Waals surface area contributed by atoms with E-state index in [1.54, 1.807) is 19.4 Å². The molecule has 122 valence electrons. The highest BCUT2D eigenvalue weighted by Crippen LogP contribution is 2.42. The smallest absolute Gasteiger partial charge is 0.148 e. The van der Waals surface area contributed by atoms with Gasteiger partial charge in [0.25, 0.3) is 0 Å². The molecule has 0 bridgehead atoms. The van der Waals surface area contributed by atoms with E-state index in [0.29, 0.717) is 0 Å². The van der Waals surface area contributed by atoms with Crippen LogP contribution in [0.3, 0.4) is 0 Å². The first kappa shape index (κ1) is 16.4. The second-order valence-electron chi connectivity index (χ2n) is 5.43. The fourth-order valence-electron chi connectivity index (χ4n) is 3.20. The lowest BCUT2D eigenvalue weighted by Gasteiger charge is -2.41. The Labute approximate surface area is 143 Å². The molecule has 0 atom stereocenters. The summed E-state index contributed by atoms with van der Waals surface area (Å²) >= 11 is 0. The lowest BCUT2D eigenvalue weighted by Crippen LogP contribution is -2.47. The highest BCUT2D eigenvalue weighted by molar-refractivity contribution is 5.48. The van der Waals surface area contributed by atoms with Crippen LogP contribution >= 0.6 is 0 Å². The van der Waals surface area contributed by atoms with Gasteiger partial charge in [0.2, 0.25) is 0 Å². The summed E-state index contributed by atoms with van der Waals surface area (Å²) in [4.78, 5) is 11.3. The highest BCUT2D eigenvalue weighted by atomic mass is 16.9. The van der Waals surface area contributed by atoms with E-state index in [-0.39, 0.29) is 0 Å². The van der Waals surface area contributed by atoms with Gasteiger partial charge in [0.05, 0.1) is 14.2 Å². The fourth-order valence-corrected chi connectivity index (χ4v) is 3.20. The molecule has 3 rings (SSSR count). The molecule has 0 saturated heterocycles. The molecule has 0 radical (unpaired) electrons. The van der Waals surface area contributed by atoms with E-state index in [1.807, 2.05) is 54.6 Å². The number of hydrogen-bond acceptors (Lipinski definition) is 3. The summed E-state index contributed by atoms with van der Waals surface area (Å²) in [5.74, 6) is 0. The predicted octanol–water partition coefficient (Wildman–Crippen LogP) is 4.40. The van der Waals surface area contributed by atoms with Gasteiger partial charge >= 0.3 is 0 Å². The van der Waals surface area contributed by atoms with Crippen molar-refractivity contribution in [2.24, 2.45) is 0 Å². The summed E-state index contributed by atoms with van der Waals surface area (Å²) in [5.41, 5.74) is 2.47. The van der Waals surface area contributed by atoms with Gasteiger partial charge in [-0.15, -0.1) is 0 Å². The van der Waals surface area contributed by atoms with E-state index in [1.165, 1.54) is 0 Å². The minimum Gasteiger partial charge on any atom is -0.276 e. The number of nitrogens with zero attached hydrogens (tertiary/aromatic N) is 1. The normalized spacial score (nSPS) is 11.6. The molecule has 0 aliphatic rings. The van der Waals surface area contributed by atoms with Gasteiger partial charge < -0.3 is 0 Å². The third-order valence-electron chi connectivity index (χ3n) is 4.18. The van der Waals surface area contributed by atoms with Crippen molar-refractivity contribution in [1.29, 1.82) is 0 Å². The molecule has 3 aromatic rings. The van der Waals surface area contributed by atoms with Crippen LogP contribution in [0.15, 0.2) is 91.0 Å². The molecule has 0 N–H and O–H groups in total. The molecule has 0 fully saturated rings. The van der Waals surface area contributed by atoms with Gasteiger partial charge in [0.15, 0.2) is 0 Å². The van der Waals surface area contributed by atoms with Crippen LogP contribution in [0.4, 0.5) is 0 Å². The van der Waals surface area contributed by atoms with E-state index in [0.717, 1.165) is 16.7 Å². The number of rotatable bonds is 6. The molecule has 0 aromatic heterocycles. The van der Waals surface area contributed by atoms with Crippen molar-refractivity contribution in [3.63, 3.8) is 0 Å². The summed E-state index contributed by atoms with van der Waals surface area (Å²) in [7, 11) is 3.24. The Morgan fingerprint density at radius 1 is 0.542 bits per heavy atom. The third-order valence-corrected chi connectivity index (χ3v) is 4.18. The lowest BCUT2D eigenvalue weighted by molar-refractivity contribution is -0.380. The van der Waals surface area contributed by atoms with Crippen molar-refractivity contribution in [2.45, 2.75) is 5.54 Å². The van der Waals surface area contributed by atoms with Gasteiger partial charge in [0, 0.05) is 0 Å². The van der Waals surface area contributed by atoms with Crippen LogP contribution in [0.5, 0.6) is 0 Å². The summed E-state index contributed by atoms with van der Waals surface area (Å²) in [6.07, 6.45) is 0. The van der Waals surface area contributed by atoms with Crippen molar-refractivity contribution >= 4 is 0 Å². The van der Waals surface area contributed by atoms with Gasteiger partial charge in [-0.1, -0.05) is 91.0 Å². The Kier molecular flexibility index (Phi) is 5.06. The molecule has 0 saturated carbocycles. The van der Waals surface area contributed by atoms with Crippen LogP contribution in [0.25, 0.3) is 0 Å². The first-order valence-electron chi connectivity index (χ1n) is 7.89. The Morgan fingerprint density at radius 3 is 1.08 bits per heavy atom. The maximum Gasteiger partial charge on any atom is 0.148 e. The van der Waals surface area contributed by atoms with E-state index in [9.17, 15) is 0 Å². The first-order chi connectivity index (χ1) is 11.8. The van der Waals surface area contributed by atoms with Crippen molar-refractivity contribution in [3.8, 4) is 0 Å². The molecule has 0 unspecified atom stereocenters. The lowest BCUT2D eigenvalue weighted by atomic mass is 9.77. The molecular weight excluding hydrogens is 298 g/mol. The van der Waals surface area contributed by atoms with Crippen molar-refractivity contribution in [1.82, 2.24) is 5.23 Å². The predicted molar refractivity (Wildman–Crippen MR) is 95.1 cm³/mol. The molecule has 0 amide bonds. The summed E-state index contributed by atoms with van der Waals surface area (Å²) in [5, 5.41) is 1.55. The Morgan fingerprint density at radius 2 is 0.833 bits per heavy atom. The van der Waals surface area contributed by atoms with Gasteiger partial charge in [-0.3, -0.25) is 9.68 Å². The maximum absolute atomic E-state index is 5.64. The van der Waals surface area contributed by atoms with E-state index in [4.69, 9.17) is 9.68 Å². The van der Waals surface area contributed by atoms with E-state index >= 15 is 0 Å². The fraction of sp³-hybridized carbons (Fsp3) is 0.143.